The average Bonchev–Trinajstić information content (AvgIpc) is 3.34. The number of aromatic nitrogens is 1. The summed E-state index contributed by atoms with van der Waals surface area (Å²) in [7, 11) is 1.97. The normalized spacial score (nSPS) is 21.4. The van der Waals surface area contributed by atoms with Gasteiger partial charge in [0.05, 0.1) is 11.6 Å². The van der Waals surface area contributed by atoms with Crippen LogP contribution in [0.5, 0.6) is 0 Å². The molecule has 136 valence electrons. The number of para-hydroxylation sites is 1. The fourth-order valence-electron chi connectivity index (χ4n) is 4.55. The summed E-state index contributed by atoms with van der Waals surface area (Å²) in [5, 5.41) is 11.6. The van der Waals surface area contributed by atoms with Gasteiger partial charge in [0.1, 0.15) is 0 Å². The Kier molecular flexibility index (Phi) is 4.10. The highest BCUT2D eigenvalue weighted by molar-refractivity contribution is 6.09. The van der Waals surface area contributed by atoms with E-state index in [9.17, 15) is 14.7 Å². The lowest BCUT2D eigenvalue weighted by molar-refractivity contribution is -0.131. The third-order valence-electron chi connectivity index (χ3n) is 5.81. The van der Waals surface area contributed by atoms with Crippen molar-refractivity contribution in [2.24, 2.45) is 7.05 Å². The molecule has 1 unspecified atom stereocenters. The van der Waals surface area contributed by atoms with Crippen molar-refractivity contribution in [2.45, 2.75) is 51.1 Å². The van der Waals surface area contributed by atoms with Crippen molar-refractivity contribution in [1.29, 1.82) is 0 Å². The maximum atomic E-state index is 12.9. The first kappa shape index (κ1) is 16.9. The minimum atomic E-state index is -0.496. The number of fused-ring (bicyclic) bond motifs is 1. The van der Waals surface area contributed by atoms with E-state index in [4.69, 9.17) is 0 Å². The molecule has 1 aliphatic carbocycles. The zero-order valence-corrected chi connectivity index (χ0v) is 15.2. The number of aryl methyl sites for hydroxylation is 1. The maximum Gasteiger partial charge on any atom is 0.290 e. The molecule has 5 nitrogen and oxygen atoms in total. The number of benzene rings is 1. The molecule has 4 rings (SSSR count). The SMILES string of the molecule is CCC(=O)C1=C(O)C(=O)N(C2CCCC2)C1c1cn(C)c2ccccc12. The molecule has 0 radical (unpaired) electrons. The van der Waals surface area contributed by atoms with E-state index in [1.165, 1.54) is 0 Å². The number of aliphatic hydroxyl groups excluding tert-OH is 1. The van der Waals surface area contributed by atoms with Gasteiger partial charge in [0, 0.05) is 42.2 Å². The van der Waals surface area contributed by atoms with Crippen molar-refractivity contribution < 1.29 is 14.7 Å². The molecule has 1 amide bonds. The van der Waals surface area contributed by atoms with E-state index < -0.39 is 11.9 Å². The van der Waals surface area contributed by atoms with Crippen LogP contribution in [0.2, 0.25) is 0 Å². The maximum absolute atomic E-state index is 12.9. The Morgan fingerprint density at radius 1 is 1.23 bits per heavy atom. The quantitative estimate of drug-likeness (QED) is 0.910. The van der Waals surface area contributed by atoms with Gasteiger partial charge in [-0.3, -0.25) is 9.59 Å². The van der Waals surface area contributed by atoms with E-state index in [-0.39, 0.29) is 29.6 Å². The number of ketones is 1. The lowest BCUT2D eigenvalue weighted by atomic mass is 9.94. The summed E-state index contributed by atoms with van der Waals surface area (Å²) < 4.78 is 2.02. The van der Waals surface area contributed by atoms with E-state index in [2.05, 4.69) is 0 Å². The largest absolute Gasteiger partial charge is 0.503 e. The lowest BCUT2D eigenvalue weighted by Crippen LogP contribution is -2.38. The summed E-state index contributed by atoms with van der Waals surface area (Å²) >= 11 is 0. The van der Waals surface area contributed by atoms with E-state index in [1.807, 2.05) is 42.1 Å². The average molecular weight is 352 g/mol. The van der Waals surface area contributed by atoms with E-state index in [0.717, 1.165) is 42.1 Å². The summed E-state index contributed by atoms with van der Waals surface area (Å²) in [5.41, 5.74) is 2.24. The van der Waals surface area contributed by atoms with Gasteiger partial charge in [-0.1, -0.05) is 38.0 Å². The van der Waals surface area contributed by atoms with E-state index >= 15 is 0 Å². The first-order valence-corrected chi connectivity index (χ1v) is 9.37. The molecule has 5 heteroatoms. The smallest absolute Gasteiger partial charge is 0.290 e. The fourth-order valence-corrected chi connectivity index (χ4v) is 4.55. The van der Waals surface area contributed by atoms with Crippen molar-refractivity contribution in [1.82, 2.24) is 9.47 Å². The van der Waals surface area contributed by atoms with Crippen LogP contribution < -0.4 is 0 Å². The second kappa shape index (κ2) is 6.31. The van der Waals surface area contributed by atoms with Gasteiger partial charge in [0.15, 0.2) is 11.5 Å². The summed E-state index contributed by atoms with van der Waals surface area (Å²) in [4.78, 5) is 27.3. The number of rotatable bonds is 4. The Morgan fingerprint density at radius 3 is 2.62 bits per heavy atom. The van der Waals surface area contributed by atoms with Gasteiger partial charge < -0.3 is 14.6 Å². The lowest BCUT2D eigenvalue weighted by Gasteiger charge is -2.31. The Bertz CT molecular complexity index is 918. The number of hydrogen-bond donors (Lipinski definition) is 1. The summed E-state index contributed by atoms with van der Waals surface area (Å²) in [6.45, 7) is 1.77. The van der Waals surface area contributed by atoms with Crippen LogP contribution in [-0.4, -0.2) is 32.3 Å². The molecule has 2 aromatic rings. The molecule has 1 aliphatic heterocycles. The van der Waals surface area contributed by atoms with E-state index in [1.54, 1.807) is 11.8 Å². The van der Waals surface area contributed by atoms with Crippen LogP contribution in [0.3, 0.4) is 0 Å². The van der Waals surface area contributed by atoms with E-state index in [0.29, 0.717) is 0 Å². The third-order valence-corrected chi connectivity index (χ3v) is 5.81. The minimum absolute atomic E-state index is 0.0794. The zero-order valence-electron chi connectivity index (χ0n) is 15.2. The van der Waals surface area contributed by atoms with Crippen LogP contribution in [-0.2, 0) is 16.6 Å². The van der Waals surface area contributed by atoms with Crippen molar-refractivity contribution in [3.05, 3.63) is 47.4 Å². The highest BCUT2D eigenvalue weighted by Crippen LogP contribution is 2.44. The van der Waals surface area contributed by atoms with Crippen LogP contribution >= 0.6 is 0 Å². The molecule has 1 fully saturated rings. The van der Waals surface area contributed by atoms with Crippen molar-refractivity contribution >= 4 is 22.6 Å². The number of carbonyl (C=O) groups excluding carboxylic acids is 2. The van der Waals surface area contributed by atoms with Crippen molar-refractivity contribution in [2.75, 3.05) is 0 Å². The third kappa shape index (κ3) is 2.37. The molecule has 0 saturated heterocycles. The van der Waals surface area contributed by atoms with Crippen molar-refractivity contribution in [3.8, 4) is 0 Å². The van der Waals surface area contributed by atoms with Crippen LogP contribution in [0.4, 0.5) is 0 Å². The molecule has 0 spiro atoms. The van der Waals surface area contributed by atoms with Gasteiger partial charge in [-0.05, 0) is 18.9 Å². The van der Waals surface area contributed by atoms with Gasteiger partial charge in [0.2, 0.25) is 0 Å². The zero-order chi connectivity index (χ0) is 18.4. The van der Waals surface area contributed by atoms with Crippen LogP contribution in [0.1, 0.15) is 50.6 Å². The first-order chi connectivity index (χ1) is 12.5. The molecule has 1 N–H and O–H groups in total. The highest BCUT2D eigenvalue weighted by Gasteiger charge is 2.47. The number of nitrogens with zero attached hydrogens (tertiary/aromatic N) is 2. The van der Waals surface area contributed by atoms with Crippen LogP contribution in [0.15, 0.2) is 41.8 Å². The second-order valence-electron chi connectivity index (χ2n) is 7.30. The molecular formula is C21H24N2O3. The topological polar surface area (TPSA) is 62.5 Å². The molecule has 1 aromatic heterocycles. The Morgan fingerprint density at radius 2 is 1.92 bits per heavy atom. The summed E-state index contributed by atoms with van der Waals surface area (Å²) in [6.07, 6.45) is 6.27. The predicted molar refractivity (Wildman–Crippen MR) is 99.7 cm³/mol. The molecule has 1 aromatic carbocycles. The number of carbonyl (C=O) groups is 2. The van der Waals surface area contributed by atoms with Gasteiger partial charge in [-0.15, -0.1) is 0 Å². The minimum Gasteiger partial charge on any atom is -0.503 e. The van der Waals surface area contributed by atoms with Crippen molar-refractivity contribution in [3.63, 3.8) is 0 Å². The standard InChI is InChI=1S/C21H24N2O3/c1-3-17(24)18-19(15-12-22(2)16-11-7-6-10-14(15)16)23(21(26)20(18)25)13-8-4-5-9-13/h6-7,10-13,19,25H,3-5,8-9H2,1-2H3. The fraction of sp³-hybridized carbons (Fsp3) is 0.429. The molecule has 1 atom stereocenters. The Balaban J connectivity index is 1.92. The second-order valence-corrected chi connectivity index (χ2v) is 7.30. The Hall–Kier alpha value is -2.56. The van der Waals surface area contributed by atoms with Gasteiger partial charge in [-0.2, -0.15) is 0 Å². The van der Waals surface area contributed by atoms with Gasteiger partial charge in [0.25, 0.3) is 5.91 Å². The Labute approximate surface area is 152 Å². The van der Waals surface area contributed by atoms with Gasteiger partial charge in [-0.25, -0.2) is 0 Å². The molecule has 2 heterocycles. The monoisotopic (exact) mass is 352 g/mol. The number of amides is 1. The van der Waals surface area contributed by atoms with Crippen LogP contribution in [0.25, 0.3) is 10.9 Å². The number of Topliss-reactive ketones (excluding diaryl/α,β-unsaturated/α-hetero) is 1. The first-order valence-electron chi connectivity index (χ1n) is 9.37. The summed E-state index contributed by atoms with van der Waals surface area (Å²) in [6, 6.07) is 7.57. The number of aliphatic hydroxyl groups is 1. The van der Waals surface area contributed by atoms with Gasteiger partial charge >= 0.3 is 0 Å². The molecule has 2 aliphatic rings. The molecule has 26 heavy (non-hydrogen) atoms. The highest BCUT2D eigenvalue weighted by atomic mass is 16.3. The van der Waals surface area contributed by atoms with Crippen LogP contribution in [0, 0.1) is 0 Å². The molecule has 1 saturated carbocycles. The molecular weight excluding hydrogens is 328 g/mol. The molecule has 0 bridgehead atoms. The predicted octanol–water partition coefficient (Wildman–Crippen LogP) is 3.80. The number of hydrogen-bond acceptors (Lipinski definition) is 3. The summed E-state index contributed by atoms with van der Waals surface area (Å²) in [5.74, 6) is -0.914.